The third-order valence-corrected chi connectivity index (χ3v) is 4.43. The van der Waals surface area contributed by atoms with Crippen LogP contribution in [0.25, 0.3) is 0 Å². The molecule has 0 bridgehead atoms. The lowest BCUT2D eigenvalue weighted by Crippen LogP contribution is -2.46. The SMILES string of the molecule is COC(=O)CCN(CC(F)(F)F)S(=O)(=O)C(C)C(=O)O. The quantitative estimate of drug-likeness (QED) is 0.673. The molecule has 1 atom stereocenters. The number of esters is 1. The lowest BCUT2D eigenvalue weighted by Gasteiger charge is -2.24. The Balaban J connectivity index is 5.20. The van der Waals surface area contributed by atoms with E-state index in [-0.39, 0.29) is 4.31 Å². The van der Waals surface area contributed by atoms with E-state index in [1.807, 2.05) is 0 Å². The monoisotopic (exact) mass is 321 g/mol. The molecule has 0 aliphatic carbocycles. The van der Waals surface area contributed by atoms with Crippen LogP contribution in [0.5, 0.6) is 0 Å². The Morgan fingerprint density at radius 2 is 1.85 bits per heavy atom. The highest BCUT2D eigenvalue weighted by Crippen LogP contribution is 2.21. The van der Waals surface area contributed by atoms with Crippen LogP contribution in [0.4, 0.5) is 13.2 Å². The number of carboxylic acids is 1. The zero-order valence-corrected chi connectivity index (χ0v) is 11.5. The molecule has 0 aromatic rings. The molecule has 0 radical (unpaired) electrons. The summed E-state index contributed by atoms with van der Waals surface area (Å²) in [5, 5.41) is 6.56. The molecule has 7 nitrogen and oxygen atoms in total. The fraction of sp³-hybridized carbons (Fsp3) is 0.778. The maximum atomic E-state index is 12.3. The summed E-state index contributed by atoms with van der Waals surface area (Å²) in [7, 11) is -3.74. The molecule has 0 aromatic heterocycles. The summed E-state index contributed by atoms with van der Waals surface area (Å²) >= 11 is 0. The van der Waals surface area contributed by atoms with Crippen LogP contribution in [0.1, 0.15) is 13.3 Å². The van der Waals surface area contributed by atoms with Crippen LogP contribution in [0.3, 0.4) is 0 Å². The molecule has 0 aromatic carbocycles. The zero-order chi connectivity index (χ0) is 16.1. The van der Waals surface area contributed by atoms with Gasteiger partial charge in [0, 0.05) is 6.54 Å². The van der Waals surface area contributed by atoms with Crippen molar-refractivity contribution in [1.29, 1.82) is 0 Å². The fourth-order valence-electron chi connectivity index (χ4n) is 1.17. The van der Waals surface area contributed by atoms with Crippen molar-refractivity contribution in [1.82, 2.24) is 4.31 Å². The maximum Gasteiger partial charge on any atom is 0.402 e. The number of halogens is 3. The van der Waals surface area contributed by atoms with Gasteiger partial charge in [-0.25, -0.2) is 8.42 Å². The minimum Gasteiger partial charge on any atom is -0.480 e. The van der Waals surface area contributed by atoms with E-state index in [9.17, 15) is 31.2 Å². The summed E-state index contributed by atoms with van der Waals surface area (Å²) in [6, 6.07) is 0. The predicted molar refractivity (Wildman–Crippen MR) is 60.3 cm³/mol. The molecule has 20 heavy (non-hydrogen) atoms. The van der Waals surface area contributed by atoms with E-state index >= 15 is 0 Å². The third-order valence-electron chi connectivity index (χ3n) is 2.30. The van der Waals surface area contributed by atoms with Crippen LogP contribution in [-0.2, 0) is 24.3 Å². The van der Waals surface area contributed by atoms with Gasteiger partial charge in [0.05, 0.1) is 13.5 Å². The number of nitrogens with zero attached hydrogens (tertiary/aromatic N) is 1. The van der Waals surface area contributed by atoms with Crippen molar-refractivity contribution in [2.45, 2.75) is 24.8 Å². The first-order chi connectivity index (χ1) is 8.91. The average Bonchev–Trinajstić information content (AvgIpc) is 2.31. The number of alkyl halides is 3. The Morgan fingerprint density at radius 3 is 2.20 bits per heavy atom. The van der Waals surface area contributed by atoms with Crippen molar-refractivity contribution in [2.24, 2.45) is 0 Å². The molecular formula is C9H14F3NO6S. The van der Waals surface area contributed by atoms with E-state index in [1.54, 1.807) is 0 Å². The van der Waals surface area contributed by atoms with Crippen LogP contribution in [0.15, 0.2) is 0 Å². The van der Waals surface area contributed by atoms with Gasteiger partial charge in [0.2, 0.25) is 10.0 Å². The first-order valence-corrected chi connectivity index (χ1v) is 6.77. The van der Waals surface area contributed by atoms with E-state index in [0.29, 0.717) is 0 Å². The minimum absolute atomic E-state index is 0.0806. The van der Waals surface area contributed by atoms with Gasteiger partial charge in [-0.15, -0.1) is 0 Å². The van der Waals surface area contributed by atoms with E-state index < -0.39 is 52.9 Å². The molecule has 11 heteroatoms. The van der Waals surface area contributed by atoms with Crippen molar-refractivity contribution in [2.75, 3.05) is 20.2 Å². The number of rotatable bonds is 7. The van der Waals surface area contributed by atoms with Gasteiger partial charge in [-0.05, 0) is 6.92 Å². The molecular weight excluding hydrogens is 307 g/mol. The first kappa shape index (κ1) is 18.6. The zero-order valence-electron chi connectivity index (χ0n) is 10.7. The first-order valence-electron chi connectivity index (χ1n) is 5.27. The van der Waals surface area contributed by atoms with Gasteiger partial charge in [-0.3, -0.25) is 9.59 Å². The molecule has 1 N–H and O–H groups in total. The van der Waals surface area contributed by atoms with Crippen LogP contribution in [-0.4, -0.2) is 61.4 Å². The molecule has 0 fully saturated rings. The summed E-state index contributed by atoms with van der Waals surface area (Å²) in [4.78, 5) is 21.5. The number of carbonyl (C=O) groups is 2. The summed E-state index contributed by atoms with van der Waals surface area (Å²) in [6.45, 7) is -1.94. The molecule has 0 saturated heterocycles. The number of hydrogen-bond donors (Lipinski definition) is 1. The highest BCUT2D eigenvalue weighted by atomic mass is 32.2. The number of aliphatic carboxylic acids is 1. The number of sulfonamides is 1. The van der Waals surface area contributed by atoms with Crippen molar-refractivity contribution < 1.29 is 41.0 Å². The van der Waals surface area contributed by atoms with Crippen LogP contribution >= 0.6 is 0 Å². The van der Waals surface area contributed by atoms with Crippen LogP contribution < -0.4 is 0 Å². The standard InChI is InChI=1S/C9H14F3NO6S/c1-6(8(15)16)20(17,18)13(5-9(10,11)12)4-3-7(14)19-2/h6H,3-5H2,1-2H3,(H,15,16). The van der Waals surface area contributed by atoms with Crippen molar-refractivity contribution >= 4 is 22.0 Å². The highest BCUT2D eigenvalue weighted by molar-refractivity contribution is 7.90. The van der Waals surface area contributed by atoms with Gasteiger partial charge in [0.15, 0.2) is 5.25 Å². The highest BCUT2D eigenvalue weighted by Gasteiger charge is 2.40. The summed E-state index contributed by atoms with van der Waals surface area (Å²) in [5.74, 6) is -2.69. The Morgan fingerprint density at radius 1 is 1.35 bits per heavy atom. The topological polar surface area (TPSA) is 101 Å². The molecule has 0 spiro atoms. The Labute approximate surface area is 113 Å². The number of hydrogen-bond acceptors (Lipinski definition) is 5. The smallest absolute Gasteiger partial charge is 0.402 e. The molecule has 0 aliphatic heterocycles. The van der Waals surface area contributed by atoms with Gasteiger partial charge < -0.3 is 9.84 Å². The molecule has 0 amide bonds. The van der Waals surface area contributed by atoms with E-state index in [4.69, 9.17) is 5.11 Å². The van der Waals surface area contributed by atoms with Gasteiger partial charge in [-0.2, -0.15) is 17.5 Å². The second kappa shape index (κ2) is 6.88. The molecule has 0 rings (SSSR count). The van der Waals surface area contributed by atoms with Crippen molar-refractivity contribution in [3.63, 3.8) is 0 Å². The molecule has 1 unspecified atom stereocenters. The summed E-state index contributed by atoms with van der Waals surface area (Å²) in [6.07, 6.45) is -5.47. The predicted octanol–water partition coefficient (Wildman–Crippen LogP) is 0.217. The lowest BCUT2D eigenvalue weighted by molar-refractivity contribution is -0.144. The lowest BCUT2D eigenvalue weighted by atomic mass is 10.4. The largest absolute Gasteiger partial charge is 0.480 e. The minimum atomic E-state index is -4.86. The Hall–Kier alpha value is -1.36. The molecule has 0 heterocycles. The third kappa shape index (κ3) is 5.74. The van der Waals surface area contributed by atoms with Crippen molar-refractivity contribution in [3.05, 3.63) is 0 Å². The number of ether oxygens (including phenoxy) is 1. The normalized spacial score (nSPS) is 14.1. The molecule has 118 valence electrons. The number of carbonyl (C=O) groups excluding carboxylic acids is 1. The van der Waals surface area contributed by atoms with E-state index in [0.717, 1.165) is 14.0 Å². The number of carboxylic acid groups (broad SMARTS) is 1. The Kier molecular flexibility index (Phi) is 6.41. The molecule has 0 aliphatic rings. The average molecular weight is 321 g/mol. The van der Waals surface area contributed by atoms with Gasteiger partial charge >= 0.3 is 18.1 Å². The van der Waals surface area contributed by atoms with Crippen LogP contribution in [0.2, 0.25) is 0 Å². The van der Waals surface area contributed by atoms with Gasteiger partial charge in [0.25, 0.3) is 0 Å². The fourth-order valence-corrected chi connectivity index (χ4v) is 2.54. The summed E-state index contributed by atoms with van der Waals surface area (Å²) in [5.41, 5.74) is 0. The second-order valence-electron chi connectivity index (χ2n) is 3.80. The maximum absolute atomic E-state index is 12.3. The van der Waals surface area contributed by atoms with Gasteiger partial charge in [0.1, 0.15) is 6.54 Å². The Bertz CT molecular complexity index is 461. The molecule has 0 saturated carbocycles. The van der Waals surface area contributed by atoms with E-state index in [1.165, 1.54) is 0 Å². The van der Waals surface area contributed by atoms with Crippen LogP contribution in [0, 0.1) is 0 Å². The van der Waals surface area contributed by atoms with E-state index in [2.05, 4.69) is 4.74 Å². The summed E-state index contributed by atoms with van der Waals surface area (Å²) < 4.78 is 64.6. The van der Waals surface area contributed by atoms with Gasteiger partial charge in [-0.1, -0.05) is 0 Å². The number of methoxy groups -OCH3 is 1. The second-order valence-corrected chi connectivity index (χ2v) is 6.05. The van der Waals surface area contributed by atoms with Crippen molar-refractivity contribution in [3.8, 4) is 0 Å².